The lowest BCUT2D eigenvalue weighted by molar-refractivity contribution is 0.471. The number of hydrogen-bond acceptors (Lipinski definition) is 2. The fourth-order valence-corrected chi connectivity index (χ4v) is 1.84. The van der Waals surface area contributed by atoms with E-state index in [2.05, 4.69) is 29.6 Å². The second kappa shape index (κ2) is 5.95. The Hall–Kier alpha value is -0.770. The molecule has 1 aliphatic carbocycles. The van der Waals surface area contributed by atoms with E-state index in [1.54, 1.807) is 0 Å². The summed E-state index contributed by atoms with van der Waals surface area (Å²) in [6.45, 7) is 6.20. The van der Waals surface area contributed by atoms with Crippen LogP contribution in [0.25, 0.3) is 0 Å². The van der Waals surface area contributed by atoms with E-state index in [0.717, 1.165) is 25.5 Å². The predicted octanol–water partition coefficient (Wildman–Crippen LogP) is 1.39. The van der Waals surface area contributed by atoms with Crippen LogP contribution in [-0.2, 0) is 0 Å². The van der Waals surface area contributed by atoms with Crippen LogP contribution in [0.4, 0.5) is 0 Å². The van der Waals surface area contributed by atoms with Gasteiger partial charge in [-0.25, -0.2) is 5.84 Å². The van der Waals surface area contributed by atoms with Gasteiger partial charge in [0.2, 0.25) is 5.96 Å². The highest BCUT2D eigenvalue weighted by molar-refractivity contribution is 5.79. The molecule has 1 rings (SSSR count). The largest absolute Gasteiger partial charge is 0.355 e. The summed E-state index contributed by atoms with van der Waals surface area (Å²) in [6.07, 6.45) is 6.29. The van der Waals surface area contributed by atoms with Crippen molar-refractivity contribution in [1.29, 1.82) is 0 Å². The molecule has 0 bridgehead atoms. The molecule has 88 valence electrons. The average Bonchev–Trinajstić information content (AvgIpc) is 2.99. The Kier molecular flexibility index (Phi) is 4.88. The second-order valence-electron chi connectivity index (χ2n) is 4.49. The van der Waals surface area contributed by atoms with Crippen molar-refractivity contribution in [3.05, 3.63) is 0 Å². The first-order valence-corrected chi connectivity index (χ1v) is 6.01. The average molecular weight is 212 g/mol. The van der Waals surface area contributed by atoms with Crippen molar-refractivity contribution in [3.8, 4) is 0 Å². The van der Waals surface area contributed by atoms with Crippen molar-refractivity contribution in [2.45, 2.75) is 46.0 Å². The maximum Gasteiger partial charge on any atom is 0.205 e. The van der Waals surface area contributed by atoms with Crippen LogP contribution in [-0.4, -0.2) is 19.0 Å². The first-order chi connectivity index (χ1) is 7.26. The van der Waals surface area contributed by atoms with Gasteiger partial charge in [-0.05, 0) is 31.1 Å². The van der Waals surface area contributed by atoms with Crippen LogP contribution in [0.15, 0.2) is 4.99 Å². The summed E-state index contributed by atoms with van der Waals surface area (Å²) in [5.41, 5.74) is 3.12. The molecule has 4 N–H and O–H groups in total. The summed E-state index contributed by atoms with van der Waals surface area (Å²) in [4.78, 5) is 4.50. The van der Waals surface area contributed by atoms with Gasteiger partial charge in [0.25, 0.3) is 0 Å². The van der Waals surface area contributed by atoms with Gasteiger partial charge in [0.15, 0.2) is 0 Å². The molecule has 0 radical (unpaired) electrons. The SMILES string of the molecule is CCCNC(=NCC1(CCC)CC1)NN. The molecule has 0 saturated heterocycles. The van der Waals surface area contributed by atoms with E-state index in [9.17, 15) is 0 Å². The molecule has 0 heterocycles. The third kappa shape index (κ3) is 4.08. The second-order valence-corrected chi connectivity index (χ2v) is 4.49. The number of nitrogens with one attached hydrogen (secondary N) is 2. The Balaban J connectivity index is 2.33. The number of nitrogens with two attached hydrogens (primary N) is 1. The molecule has 1 fully saturated rings. The lowest BCUT2D eigenvalue weighted by atomic mass is 10.0. The monoisotopic (exact) mass is 212 g/mol. The molecule has 0 unspecified atom stereocenters. The van der Waals surface area contributed by atoms with Crippen molar-refractivity contribution in [3.63, 3.8) is 0 Å². The van der Waals surface area contributed by atoms with E-state index in [-0.39, 0.29) is 0 Å². The van der Waals surface area contributed by atoms with Crippen molar-refractivity contribution < 1.29 is 0 Å². The zero-order valence-corrected chi connectivity index (χ0v) is 9.97. The van der Waals surface area contributed by atoms with E-state index < -0.39 is 0 Å². The highest BCUT2D eigenvalue weighted by atomic mass is 15.3. The van der Waals surface area contributed by atoms with Crippen LogP contribution in [0.2, 0.25) is 0 Å². The molecular formula is C11H24N4. The molecule has 0 aliphatic heterocycles. The standard InChI is InChI=1S/C11H24N4/c1-3-5-11(6-7-11)9-14-10(15-12)13-8-4-2/h3-9,12H2,1-2H3,(H2,13,14,15). The number of hydrogen-bond donors (Lipinski definition) is 3. The normalized spacial score (nSPS) is 18.7. The lowest BCUT2D eigenvalue weighted by Crippen LogP contribution is -2.42. The Morgan fingerprint density at radius 3 is 2.53 bits per heavy atom. The number of hydrazine groups is 1. The van der Waals surface area contributed by atoms with E-state index in [1.165, 1.54) is 25.7 Å². The molecule has 1 saturated carbocycles. The summed E-state index contributed by atoms with van der Waals surface area (Å²) < 4.78 is 0. The van der Waals surface area contributed by atoms with Gasteiger partial charge in [-0.3, -0.25) is 10.4 Å². The molecule has 4 nitrogen and oxygen atoms in total. The quantitative estimate of drug-likeness (QED) is 0.270. The Morgan fingerprint density at radius 1 is 1.33 bits per heavy atom. The van der Waals surface area contributed by atoms with Crippen molar-refractivity contribution >= 4 is 5.96 Å². The lowest BCUT2D eigenvalue weighted by Gasteiger charge is -2.13. The minimum atomic E-state index is 0.505. The fourth-order valence-electron chi connectivity index (χ4n) is 1.84. The van der Waals surface area contributed by atoms with Crippen molar-refractivity contribution in [2.24, 2.45) is 16.3 Å². The zero-order chi connectivity index (χ0) is 11.1. The minimum Gasteiger partial charge on any atom is -0.355 e. The molecule has 0 aromatic heterocycles. The summed E-state index contributed by atoms with van der Waals surface area (Å²) >= 11 is 0. The first-order valence-electron chi connectivity index (χ1n) is 6.01. The third-order valence-corrected chi connectivity index (χ3v) is 2.99. The van der Waals surface area contributed by atoms with Gasteiger partial charge in [0.1, 0.15) is 0 Å². The van der Waals surface area contributed by atoms with Gasteiger partial charge in [0.05, 0.1) is 0 Å². The molecule has 15 heavy (non-hydrogen) atoms. The molecule has 0 aromatic rings. The van der Waals surface area contributed by atoms with Crippen molar-refractivity contribution in [1.82, 2.24) is 10.7 Å². The number of nitrogens with zero attached hydrogens (tertiary/aromatic N) is 1. The fraction of sp³-hybridized carbons (Fsp3) is 0.909. The van der Waals surface area contributed by atoms with E-state index in [0.29, 0.717) is 5.41 Å². The van der Waals surface area contributed by atoms with Crippen LogP contribution in [0.3, 0.4) is 0 Å². The molecule has 0 aromatic carbocycles. The summed E-state index contributed by atoms with van der Waals surface area (Å²) in [6, 6.07) is 0. The predicted molar refractivity (Wildman–Crippen MR) is 64.5 cm³/mol. The van der Waals surface area contributed by atoms with E-state index in [4.69, 9.17) is 5.84 Å². The van der Waals surface area contributed by atoms with Crippen LogP contribution in [0.1, 0.15) is 46.0 Å². The van der Waals surface area contributed by atoms with Crippen LogP contribution in [0, 0.1) is 5.41 Å². The summed E-state index contributed by atoms with van der Waals surface area (Å²) in [5.74, 6) is 6.13. The molecular weight excluding hydrogens is 188 g/mol. The molecule has 0 spiro atoms. The minimum absolute atomic E-state index is 0.505. The first kappa shape index (κ1) is 12.3. The number of guanidine groups is 1. The topological polar surface area (TPSA) is 62.4 Å². The van der Waals surface area contributed by atoms with Crippen molar-refractivity contribution in [2.75, 3.05) is 13.1 Å². The number of rotatable bonds is 6. The molecule has 4 heteroatoms. The maximum atomic E-state index is 5.39. The van der Waals surface area contributed by atoms with Crippen LogP contribution in [0.5, 0.6) is 0 Å². The Bertz CT molecular complexity index is 209. The van der Waals surface area contributed by atoms with Crippen LogP contribution >= 0.6 is 0 Å². The van der Waals surface area contributed by atoms with Gasteiger partial charge in [0, 0.05) is 13.1 Å². The highest BCUT2D eigenvalue weighted by Gasteiger charge is 2.41. The van der Waals surface area contributed by atoms with E-state index in [1.807, 2.05) is 0 Å². The highest BCUT2D eigenvalue weighted by Crippen LogP contribution is 2.49. The van der Waals surface area contributed by atoms with Gasteiger partial charge in [-0.15, -0.1) is 0 Å². The smallest absolute Gasteiger partial charge is 0.205 e. The maximum absolute atomic E-state index is 5.39. The molecule has 0 atom stereocenters. The molecule has 1 aliphatic rings. The van der Waals surface area contributed by atoms with Gasteiger partial charge in [-0.2, -0.15) is 0 Å². The third-order valence-electron chi connectivity index (χ3n) is 2.99. The summed E-state index contributed by atoms with van der Waals surface area (Å²) in [7, 11) is 0. The van der Waals surface area contributed by atoms with Crippen LogP contribution < -0.4 is 16.6 Å². The van der Waals surface area contributed by atoms with Gasteiger partial charge in [-0.1, -0.05) is 20.3 Å². The Labute approximate surface area is 92.7 Å². The summed E-state index contributed by atoms with van der Waals surface area (Å²) in [5, 5.41) is 3.18. The number of aliphatic imine (C=N–C) groups is 1. The van der Waals surface area contributed by atoms with Gasteiger partial charge >= 0.3 is 0 Å². The zero-order valence-electron chi connectivity index (χ0n) is 9.97. The van der Waals surface area contributed by atoms with E-state index >= 15 is 0 Å². The van der Waals surface area contributed by atoms with Gasteiger partial charge < -0.3 is 5.32 Å². The Morgan fingerprint density at radius 2 is 2.07 bits per heavy atom. The molecule has 0 amide bonds.